The number of carbonyl (C=O) groups excluding carboxylic acids is 6. The van der Waals surface area contributed by atoms with E-state index in [-0.39, 0.29) is 55.2 Å². The van der Waals surface area contributed by atoms with E-state index in [9.17, 15) is 28.8 Å². The summed E-state index contributed by atoms with van der Waals surface area (Å²) >= 11 is 1.68. The summed E-state index contributed by atoms with van der Waals surface area (Å²) < 4.78 is 18.9. The highest BCUT2D eigenvalue weighted by atomic mass is 32.1. The minimum absolute atomic E-state index is 0.0175. The summed E-state index contributed by atoms with van der Waals surface area (Å²) in [7, 11) is 0. The van der Waals surface area contributed by atoms with E-state index in [1.165, 1.54) is 4.88 Å². The average Bonchev–Trinajstić information content (AvgIpc) is 3.88. The molecular formula is C46H54N10O9S. The highest BCUT2D eigenvalue weighted by Gasteiger charge is 2.45. The van der Waals surface area contributed by atoms with Crippen molar-refractivity contribution >= 4 is 58.2 Å². The number of amides is 6. The van der Waals surface area contributed by atoms with Gasteiger partial charge in [-0.3, -0.25) is 54.0 Å². The first-order valence-corrected chi connectivity index (χ1v) is 23.0. The van der Waals surface area contributed by atoms with Crippen molar-refractivity contribution in [2.45, 2.75) is 65.5 Å². The van der Waals surface area contributed by atoms with Crippen LogP contribution < -0.4 is 16.1 Å². The number of aromatic nitrogens is 3. The molecule has 6 heterocycles. The zero-order valence-electron chi connectivity index (χ0n) is 37.5. The molecule has 2 aromatic carbocycles. The highest BCUT2D eigenvalue weighted by Crippen LogP contribution is 2.40. The lowest BCUT2D eigenvalue weighted by molar-refractivity contribution is -0.137. The predicted molar refractivity (Wildman–Crippen MR) is 243 cm³/mol. The Morgan fingerprint density at radius 1 is 0.833 bits per heavy atom. The van der Waals surface area contributed by atoms with Crippen LogP contribution in [0.25, 0.3) is 5.00 Å². The highest BCUT2D eigenvalue weighted by molar-refractivity contribution is 7.15. The van der Waals surface area contributed by atoms with Gasteiger partial charge >= 0.3 is 0 Å². The zero-order valence-corrected chi connectivity index (χ0v) is 38.3. The van der Waals surface area contributed by atoms with Crippen LogP contribution in [0.4, 0.5) is 5.69 Å². The molecule has 2 fully saturated rings. The molecule has 2 aromatic heterocycles. The Kier molecular flexibility index (Phi) is 14.4. The Morgan fingerprint density at radius 3 is 2.27 bits per heavy atom. The monoisotopic (exact) mass is 922 g/mol. The van der Waals surface area contributed by atoms with Gasteiger partial charge in [-0.1, -0.05) is 35.9 Å². The van der Waals surface area contributed by atoms with Gasteiger partial charge in [0.2, 0.25) is 23.6 Å². The first kappa shape index (κ1) is 46.3. The van der Waals surface area contributed by atoms with Crippen molar-refractivity contribution in [3.63, 3.8) is 0 Å². The van der Waals surface area contributed by atoms with Crippen LogP contribution in [0.2, 0.25) is 0 Å². The number of thiophene rings is 1. The molecule has 19 nitrogen and oxygen atoms in total. The minimum atomic E-state index is -1.03. The quantitative estimate of drug-likeness (QED) is 0.0968. The van der Waals surface area contributed by atoms with E-state index >= 15 is 0 Å². The minimum Gasteiger partial charge on any atom is -0.382 e. The van der Waals surface area contributed by atoms with Gasteiger partial charge in [-0.2, -0.15) is 0 Å². The number of anilines is 1. The zero-order chi connectivity index (χ0) is 46.5. The van der Waals surface area contributed by atoms with Gasteiger partial charge in [0.15, 0.2) is 5.82 Å². The number of imide groups is 2. The molecule has 0 aliphatic carbocycles. The molecule has 1 unspecified atom stereocenters. The van der Waals surface area contributed by atoms with Crippen molar-refractivity contribution in [2.24, 2.45) is 4.99 Å². The second-order valence-electron chi connectivity index (χ2n) is 16.6. The van der Waals surface area contributed by atoms with E-state index < -0.39 is 35.7 Å². The number of aryl methyl sites for hydroxylation is 3. The Hall–Kier alpha value is -6.19. The van der Waals surface area contributed by atoms with E-state index in [1.54, 1.807) is 34.4 Å². The van der Waals surface area contributed by atoms with E-state index in [2.05, 4.69) is 71.3 Å². The van der Waals surface area contributed by atoms with Gasteiger partial charge in [0, 0.05) is 60.8 Å². The van der Waals surface area contributed by atoms with Crippen LogP contribution in [-0.4, -0.2) is 149 Å². The van der Waals surface area contributed by atoms with Gasteiger partial charge in [-0.05, 0) is 51.8 Å². The average molecular weight is 923 g/mol. The third-order valence-electron chi connectivity index (χ3n) is 12.1. The number of hydrazine groups is 1. The first-order chi connectivity index (χ1) is 31.9. The summed E-state index contributed by atoms with van der Waals surface area (Å²) in [6, 6.07) is 11.6. The van der Waals surface area contributed by atoms with E-state index in [0.29, 0.717) is 77.3 Å². The van der Waals surface area contributed by atoms with Crippen LogP contribution in [-0.2, 0) is 33.4 Å². The number of piperazine rings is 1. The van der Waals surface area contributed by atoms with Crippen molar-refractivity contribution in [1.82, 2.24) is 40.3 Å². The Bertz CT molecular complexity index is 2550. The number of nitrogens with zero attached hydrogens (tertiary/aromatic N) is 7. The SMILES string of the molecule is Cc1ccc(C2=N[C@@H](CC(=O)NN3CCN(C(=O)CCOCCOCCOCCNc4cccc5c4C(=O)N(C4CCC(=O)NC4=O)C5=O)CC3)c3nnc(C)n3-c3sc(C)c(C)c32)cc1. The van der Waals surface area contributed by atoms with Crippen LogP contribution in [0.1, 0.15) is 91.2 Å². The van der Waals surface area contributed by atoms with Crippen molar-refractivity contribution in [1.29, 1.82) is 0 Å². The summed E-state index contributed by atoms with van der Waals surface area (Å²) in [6.07, 6.45) is 0.447. The molecule has 4 aliphatic heterocycles. The van der Waals surface area contributed by atoms with Gasteiger partial charge in [0.1, 0.15) is 22.9 Å². The fraction of sp³-hybridized carbons (Fsp3) is 0.457. The van der Waals surface area contributed by atoms with Gasteiger partial charge in [-0.25, -0.2) is 5.01 Å². The van der Waals surface area contributed by atoms with Crippen molar-refractivity contribution < 1.29 is 43.0 Å². The molecule has 0 bridgehead atoms. The second kappa shape index (κ2) is 20.5. The fourth-order valence-corrected chi connectivity index (χ4v) is 9.69. The molecule has 0 radical (unpaired) electrons. The summed E-state index contributed by atoms with van der Waals surface area (Å²) in [5, 5.41) is 17.1. The van der Waals surface area contributed by atoms with Crippen molar-refractivity contribution in [2.75, 3.05) is 77.7 Å². The number of carbonyl (C=O) groups is 6. The molecule has 0 saturated carbocycles. The lowest BCUT2D eigenvalue weighted by Crippen LogP contribution is -2.55. The molecule has 66 heavy (non-hydrogen) atoms. The topological polar surface area (TPSA) is 219 Å². The van der Waals surface area contributed by atoms with Crippen LogP contribution in [0.3, 0.4) is 0 Å². The maximum absolute atomic E-state index is 13.6. The summed E-state index contributed by atoms with van der Waals surface area (Å²) in [5.41, 5.74) is 9.05. The number of rotatable bonds is 18. The fourth-order valence-electron chi connectivity index (χ4n) is 8.48. The molecule has 2 saturated heterocycles. The van der Waals surface area contributed by atoms with Crippen molar-refractivity contribution in [3.8, 4) is 5.00 Å². The Balaban J connectivity index is 0.701. The molecule has 6 amide bonds. The normalized spacial score (nSPS) is 18.4. The predicted octanol–water partition coefficient (Wildman–Crippen LogP) is 2.97. The lowest BCUT2D eigenvalue weighted by Gasteiger charge is -2.34. The van der Waals surface area contributed by atoms with Gasteiger partial charge in [0.05, 0.1) is 69.3 Å². The molecular weight excluding hydrogens is 869 g/mol. The smallest absolute Gasteiger partial charge is 0.264 e. The molecule has 348 valence electrons. The standard InChI is InChI=1S/C46H54N10O9S/c1-27-8-10-31(11-9-27)41-39-28(2)29(3)66-46(39)55-30(4)50-51-42(55)34(48-41)26-37(58)52-54-18-16-53(17-19-54)38(59)14-20-63-22-24-65-25-23-64-21-15-47-33-7-5-6-32-40(33)45(62)56(44(32)61)35-12-13-36(57)49-43(35)60/h5-11,34-35,47H,12-26H2,1-4H3,(H,52,58)(H,49,57,60)/t34-,35?/m0/s1. The number of fused-ring (bicyclic) bond motifs is 4. The van der Waals surface area contributed by atoms with Crippen molar-refractivity contribution in [3.05, 3.63) is 92.4 Å². The molecule has 0 spiro atoms. The molecule has 20 heteroatoms. The maximum Gasteiger partial charge on any atom is 0.264 e. The van der Waals surface area contributed by atoms with Crippen LogP contribution >= 0.6 is 11.3 Å². The van der Waals surface area contributed by atoms with Crippen LogP contribution in [0.15, 0.2) is 47.5 Å². The number of piperidine rings is 1. The van der Waals surface area contributed by atoms with Gasteiger partial charge < -0.3 is 24.4 Å². The third-order valence-corrected chi connectivity index (χ3v) is 13.3. The molecule has 8 rings (SSSR count). The molecule has 2 atom stereocenters. The number of benzene rings is 2. The van der Waals surface area contributed by atoms with E-state index in [0.717, 1.165) is 43.7 Å². The first-order valence-electron chi connectivity index (χ1n) is 22.2. The second-order valence-corrected chi connectivity index (χ2v) is 17.8. The Morgan fingerprint density at radius 2 is 1.55 bits per heavy atom. The Labute approximate surface area is 385 Å². The number of aliphatic imine (C=N–C) groups is 1. The van der Waals surface area contributed by atoms with E-state index in [4.69, 9.17) is 19.2 Å². The van der Waals surface area contributed by atoms with Gasteiger partial charge in [0.25, 0.3) is 11.8 Å². The number of hydrogen-bond acceptors (Lipinski definition) is 15. The maximum atomic E-state index is 13.6. The number of ether oxygens (including phenoxy) is 3. The van der Waals surface area contributed by atoms with Gasteiger partial charge in [-0.15, -0.1) is 21.5 Å². The van der Waals surface area contributed by atoms with Crippen LogP contribution in [0.5, 0.6) is 0 Å². The third kappa shape index (κ3) is 9.97. The van der Waals surface area contributed by atoms with E-state index in [1.807, 2.05) is 16.5 Å². The molecule has 3 N–H and O–H groups in total. The van der Waals surface area contributed by atoms with Crippen LogP contribution in [0, 0.1) is 27.7 Å². The molecule has 4 aromatic rings. The number of hydrogen-bond donors (Lipinski definition) is 3. The summed E-state index contributed by atoms with van der Waals surface area (Å²) in [5.74, 6) is -1.07. The lowest BCUT2D eigenvalue weighted by atomic mass is 9.99. The number of nitrogens with one attached hydrogen (secondary N) is 3. The summed E-state index contributed by atoms with van der Waals surface area (Å²) in [6.45, 7) is 12.3. The largest absolute Gasteiger partial charge is 0.382 e. The summed E-state index contributed by atoms with van der Waals surface area (Å²) in [4.78, 5) is 86.0. The molecule has 4 aliphatic rings.